The molecule has 1 heterocycles. The highest BCUT2D eigenvalue weighted by Gasteiger charge is 2.63. The number of ether oxygens (including phenoxy) is 2. The number of halogens is 1. The molecule has 1 unspecified atom stereocenters. The molecule has 0 N–H and O–H groups in total. The standard InChI is InChI=1S/C32H26BrNO6/c1-31(2)15-22-25(23(35)16-31)26(29(37)39-3)27(30(38)40-4)32(34(22)19-13-11-18(33)12-14-19)21-10-6-8-17-7-5-9-20(24(17)21)28(32)36/h5-14H,15-16H2,1-4H3. The van der Waals surface area contributed by atoms with E-state index in [1.165, 1.54) is 14.2 Å². The molecule has 8 heteroatoms. The average molecular weight is 600 g/mol. The van der Waals surface area contributed by atoms with Crippen molar-refractivity contribution in [3.8, 4) is 0 Å². The molecule has 3 aromatic rings. The molecule has 202 valence electrons. The van der Waals surface area contributed by atoms with Gasteiger partial charge in [0.25, 0.3) is 0 Å². The summed E-state index contributed by atoms with van der Waals surface area (Å²) in [5, 5.41) is 1.51. The van der Waals surface area contributed by atoms with E-state index >= 15 is 0 Å². The van der Waals surface area contributed by atoms with E-state index in [4.69, 9.17) is 9.47 Å². The van der Waals surface area contributed by atoms with E-state index < -0.39 is 22.9 Å². The van der Waals surface area contributed by atoms with Crippen LogP contribution in [0.1, 0.15) is 42.6 Å². The molecular weight excluding hydrogens is 574 g/mol. The van der Waals surface area contributed by atoms with Crippen molar-refractivity contribution < 1.29 is 28.7 Å². The Labute approximate surface area is 239 Å². The number of carbonyl (C=O) groups is 4. The Bertz CT molecular complexity index is 1730. The van der Waals surface area contributed by atoms with Crippen LogP contribution in [0.2, 0.25) is 0 Å². The minimum absolute atomic E-state index is 0.0936. The van der Waals surface area contributed by atoms with E-state index in [1.807, 2.05) is 62.4 Å². The fourth-order valence-corrected chi connectivity index (χ4v) is 6.86. The molecule has 0 bridgehead atoms. The van der Waals surface area contributed by atoms with Crippen LogP contribution in [0.15, 0.2) is 87.6 Å². The van der Waals surface area contributed by atoms with Gasteiger partial charge in [0.15, 0.2) is 17.1 Å². The van der Waals surface area contributed by atoms with Crippen LogP contribution in [0, 0.1) is 5.41 Å². The van der Waals surface area contributed by atoms with Gasteiger partial charge in [0.05, 0.1) is 30.9 Å². The molecular formula is C32H26BrNO6. The van der Waals surface area contributed by atoms with Crippen molar-refractivity contribution in [1.29, 1.82) is 0 Å². The molecule has 1 aliphatic heterocycles. The maximum atomic E-state index is 15.0. The molecule has 1 spiro atoms. The first kappa shape index (κ1) is 26.2. The quantitative estimate of drug-likeness (QED) is 0.351. The zero-order chi connectivity index (χ0) is 28.6. The molecule has 0 radical (unpaired) electrons. The molecule has 7 nitrogen and oxygen atoms in total. The lowest BCUT2D eigenvalue weighted by Crippen LogP contribution is -2.58. The van der Waals surface area contributed by atoms with Gasteiger partial charge in [0.1, 0.15) is 0 Å². The fourth-order valence-electron chi connectivity index (χ4n) is 6.60. The Balaban J connectivity index is 1.86. The molecule has 3 aromatic carbocycles. The number of methoxy groups -OCH3 is 2. The Kier molecular flexibility index (Phi) is 5.89. The second-order valence-electron chi connectivity index (χ2n) is 11.1. The average Bonchev–Trinajstić information content (AvgIpc) is 3.17. The van der Waals surface area contributed by atoms with E-state index in [0.29, 0.717) is 34.3 Å². The number of hydrogen-bond acceptors (Lipinski definition) is 7. The van der Waals surface area contributed by atoms with Gasteiger partial charge in [0, 0.05) is 27.8 Å². The summed E-state index contributed by atoms with van der Waals surface area (Å²) < 4.78 is 11.3. The van der Waals surface area contributed by atoms with Crippen LogP contribution in [0.4, 0.5) is 5.69 Å². The van der Waals surface area contributed by atoms with Crippen molar-refractivity contribution in [3.63, 3.8) is 0 Å². The third kappa shape index (κ3) is 3.41. The van der Waals surface area contributed by atoms with Gasteiger partial charge in [-0.15, -0.1) is 0 Å². The summed E-state index contributed by atoms with van der Waals surface area (Å²) in [5.74, 6) is -2.44. The number of anilines is 1. The molecule has 0 saturated heterocycles. The van der Waals surface area contributed by atoms with Crippen LogP contribution in [0.25, 0.3) is 10.8 Å². The topological polar surface area (TPSA) is 90.0 Å². The third-order valence-corrected chi connectivity index (χ3v) is 8.58. The van der Waals surface area contributed by atoms with Crippen molar-refractivity contribution in [1.82, 2.24) is 0 Å². The highest BCUT2D eigenvalue weighted by Crippen LogP contribution is 2.58. The Morgan fingerprint density at radius 3 is 2.17 bits per heavy atom. The lowest BCUT2D eigenvalue weighted by atomic mass is 9.66. The van der Waals surface area contributed by atoms with E-state index in [0.717, 1.165) is 9.86 Å². The first-order valence-electron chi connectivity index (χ1n) is 12.9. The smallest absolute Gasteiger partial charge is 0.339 e. The molecule has 0 saturated carbocycles. The largest absolute Gasteiger partial charge is 0.466 e. The van der Waals surface area contributed by atoms with Crippen LogP contribution in [-0.2, 0) is 29.4 Å². The number of ketones is 2. The molecule has 40 heavy (non-hydrogen) atoms. The predicted octanol–water partition coefficient (Wildman–Crippen LogP) is 5.80. The first-order chi connectivity index (χ1) is 19.1. The summed E-state index contributed by atoms with van der Waals surface area (Å²) >= 11 is 3.49. The van der Waals surface area contributed by atoms with Crippen molar-refractivity contribution >= 4 is 55.9 Å². The second kappa shape index (κ2) is 8.99. The van der Waals surface area contributed by atoms with E-state index in [1.54, 1.807) is 17.0 Å². The Morgan fingerprint density at radius 1 is 0.875 bits per heavy atom. The normalized spacial score (nSPS) is 21.3. The van der Waals surface area contributed by atoms with Crippen LogP contribution in [0.3, 0.4) is 0 Å². The number of hydrogen-bond donors (Lipinski definition) is 0. The number of Topliss-reactive ketones (excluding diaryl/α,β-unsaturated/α-hetero) is 2. The minimum Gasteiger partial charge on any atom is -0.466 e. The molecule has 2 aliphatic carbocycles. The van der Waals surface area contributed by atoms with Crippen molar-refractivity contribution in [2.75, 3.05) is 19.1 Å². The summed E-state index contributed by atoms with van der Waals surface area (Å²) in [5.41, 5.74) is -0.587. The maximum absolute atomic E-state index is 15.0. The SMILES string of the molecule is COC(=O)C1=C(C(=O)OC)C2(C(=O)c3cccc4cccc2c34)N(c2ccc(Br)cc2)C2=C1C(=O)CC(C)(C)C2. The van der Waals surface area contributed by atoms with Crippen LogP contribution < -0.4 is 4.90 Å². The highest BCUT2D eigenvalue weighted by molar-refractivity contribution is 9.10. The van der Waals surface area contributed by atoms with Gasteiger partial charge in [-0.3, -0.25) is 9.59 Å². The lowest BCUT2D eigenvalue weighted by molar-refractivity contribution is -0.140. The lowest BCUT2D eigenvalue weighted by Gasteiger charge is -2.51. The van der Waals surface area contributed by atoms with Crippen molar-refractivity contribution in [2.45, 2.75) is 32.2 Å². The predicted molar refractivity (Wildman–Crippen MR) is 153 cm³/mol. The molecule has 0 amide bonds. The van der Waals surface area contributed by atoms with Crippen molar-refractivity contribution in [3.05, 3.63) is 98.7 Å². The number of esters is 2. The molecule has 0 aromatic heterocycles. The number of allylic oxidation sites excluding steroid dienone is 1. The second-order valence-corrected chi connectivity index (χ2v) is 12.0. The van der Waals surface area contributed by atoms with Gasteiger partial charge in [0.2, 0.25) is 0 Å². The summed E-state index contributed by atoms with van der Waals surface area (Å²) in [7, 11) is 2.40. The van der Waals surface area contributed by atoms with E-state index in [-0.39, 0.29) is 34.7 Å². The van der Waals surface area contributed by atoms with Crippen LogP contribution in [0.5, 0.6) is 0 Å². The maximum Gasteiger partial charge on any atom is 0.339 e. The number of rotatable bonds is 3. The number of benzene rings is 3. The van der Waals surface area contributed by atoms with Gasteiger partial charge < -0.3 is 14.4 Å². The van der Waals surface area contributed by atoms with Gasteiger partial charge in [-0.25, -0.2) is 9.59 Å². The molecule has 6 rings (SSSR count). The summed E-state index contributed by atoms with van der Waals surface area (Å²) in [6.07, 6.45) is 0.534. The van der Waals surface area contributed by atoms with Gasteiger partial charge in [-0.2, -0.15) is 0 Å². The zero-order valence-corrected chi connectivity index (χ0v) is 24.0. The molecule has 1 atom stereocenters. The number of fused-ring (bicyclic) bond motifs is 1. The summed E-state index contributed by atoms with van der Waals surface area (Å²) in [6.45, 7) is 3.95. The van der Waals surface area contributed by atoms with E-state index in [9.17, 15) is 19.2 Å². The van der Waals surface area contributed by atoms with Crippen LogP contribution in [-0.4, -0.2) is 37.7 Å². The monoisotopic (exact) mass is 599 g/mol. The first-order valence-corrected chi connectivity index (χ1v) is 13.7. The van der Waals surface area contributed by atoms with Gasteiger partial charge in [-0.1, -0.05) is 66.2 Å². The molecule has 0 fully saturated rings. The number of carbonyl (C=O) groups excluding carboxylic acids is 4. The minimum atomic E-state index is -1.82. The van der Waals surface area contributed by atoms with Gasteiger partial charge >= 0.3 is 11.9 Å². The Hall–Kier alpha value is -4.04. The van der Waals surface area contributed by atoms with Crippen LogP contribution >= 0.6 is 15.9 Å². The summed E-state index contributed by atoms with van der Waals surface area (Å²) in [4.78, 5) is 58.1. The van der Waals surface area contributed by atoms with Gasteiger partial charge in [-0.05, 0) is 52.4 Å². The third-order valence-electron chi connectivity index (χ3n) is 8.05. The zero-order valence-electron chi connectivity index (χ0n) is 22.5. The highest BCUT2D eigenvalue weighted by atomic mass is 79.9. The molecule has 3 aliphatic rings. The van der Waals surface area contributed by atoms with Crippen molar-refractivity contribution in [2.24, 2.45) is 5.41 Å². The van der Waals surface area contributed by atoms with E-state index in [2.05, 4.69) is 15.9 Å². The number of nitrogens with zero attached hydrogens (tertiary/aromatic N) is 1. The Morgan fingerprint density at radius 2 is 1.52 bits per heavy atom. The summed E-state index contributed by atoms with van der Waals surface area (Å²) in [6, 6.07) is 18.3. The fraction of sp³-hybridized carbons (Fsp3) is 0.250.